The van der Waals surface area contributed by atoms with Crippen LogP contribution < -0.4 is 10.2 Å². The van der Waals surface area contributed by atoms with Gasteiger partial charge in [0.25, 0.3) is 0 Å². The lowest BCUT2D eigenvalue weighted by Gasteiger charge is -2.52. The molecule has 260 valence electrons. The zero-order valence-electron chi connectivity index (χ0n) is 27.9. The highest BCUT2D eigenvalue weighted by Gasteiger charge is 2.47. The van der Waals surface area contributed by atoms with Gasteiger partial charge in [-0.1, -0.05) is 53.7 Å². The van der Waals surface area contributed by atoms with Crippen LogP contribution in [0.25, 0.3) is 22.3 Å². The molecule has 14 heteroatoms. The van der Waals surface area contributed by atoms with Gasteiger partial charge in [0.05, 0.1) is 55.9 Å². The second-order valence-corrected chi connectivity index (χ2v) is 12.8. The van der Waals surface area contributed by atoms with E-state index in [1.54, 1.807) is 27.2 Å². The third-order valence-electron chi connectivity index (χ3n) is 9.50. The number of pyridine rings is 2. The molecule has 6 heterocycles. The van der Waals surface area contributed by atoms with E-state index in [0.717, 1.165) is 40.8 Å². The first-order valence-corrected chi connectivity index (χ1v) is 17.0. The third-order valence-corrected chi connectivity index (χ3v) is 9.50. The fourth-order valence-corrected chi connectivity index (χ4v) is 6.87. The Bertz CT molecular complexity index is 2030. The Labute approximate surface area is 294 Å². The first kappa shape index (κ1) is 32.4. The number of carbonyl (C=O) groups excluding carboxylic acids is 3. The van der Waals surface area contributed by atoms with Gasteiger partial charge in [-0.3, -0.25) is 19.6 Å². The third kappa shape index (κ3) is 6.83. The van der Waals surface area contributed by atoms with E-state index in [4.69, 9.17) is 9.26 Å². The number of hydrazine groups is 1. The number of amides is 4. The van der Waals surface area contributed by atoms with Gasteiger partial charge in [0.2, 0.25) is 11.8 Å². The maximum atomic E-state index is 14.1. The average Bonchev–Trinajstić information content (AvgIpc) is 3.64. The number of carbonyl (C=O) groups is 3. The Morgan fingerprint density at radius 2 is 1.73 bits per heavy atom. The van der Waals surface area contributed by atoms with Gasteiger partial charge in [-0.2, -0.15) is 5.01 Å². The van der Waals surface area contributed by atoms with Crippen molar-refractivity contribution in [3.05, 3.63) is 108 Å². The van der Waals surface area contributed by atoms with Crippen molar-refractivity contribution in [3.8, 4) is 11.4 Å². The number of piperazine rings is 1. The van der Waals surface area contributed by atoms with Crippen LogP contribution >= 0.6 is 0 Å². The van der Waals surface area contributed by atoms with Crippen molar-refractivity contribution in [2.24, 2.45) is 0 Å². The van der Waals surface area contributed by atoms with Crippen LogP contribution in [-0.2, 0) is 34.0 Å². The zero-order valence-corrected chi connectivity index (χ0v) is 27.9. The number of urea groups is 1. The Balaban J connectivity index is 1.04. The Morgan fingerprint density at radius 3 is 2.55 bits per heavy atom. The lowest BCUT2D eigenvalue weighted by Crippen LogP contribution is -2.73. The van der Waals surface area contributed by atoms with Gasteiger partial charge in [0.1, 0.15) is 18.4 Å². The summed E-state index contributed by atoms with van der Waals surface area (Å²) in [7, 11) is 0. The first-order valence-electron chi connectivity index (χ1n) is 17.0. The molecule has 51 heavy (non-hydrogen) atoms. The normalized spacial score (nSPS) is 18.3. The van der Waals surface area contributed by atoms with Crippen molar-refractivity contribution in [2.45, 2.75) is 25.8 Å². The SMILES string of the molecule is O=C1CN2C(=O)CN(Cc3cc(-c4ccc(N5CCOCC5)cn4)no3)N(C(=O)NCc3ccccc3)C2CN1Cc1cccc2ncccc12. The molecule has 3 aromatic heterocycles. The van der Waals surface area contributed by atoms with Crippen LogP contribution in [0.3, 0.4) is 0 Å². The fraction of sp³-hybridized carbons (Fsp3) is 0.297. The van der Waals surface area contributed by atoms with E-state index in [2.05, 4.69) is 25.3 Å². The Morgan fingerprint density at radius 1 is 0.863 bits per heavy atom. The lowest BCUT2D eigenvalue weighted by atomic mass is 10.1. The number of fused-ring (bicyclic) bond motifs is 2. The summed E-state index contributed by atoms with van der Waals surface area (Å²) < 4.78 is 11.2. The molecule has 3 fully saturated rings. The molecule has 1 N–H and O–H groups in total. The number of aromatic nitrogens is 3. The second kappa shape index (κ2) is 14.2. The summed E-state index contributed by atoms with van der Waals surface area (Å²) in [6.45, 7) is 3.54. The number of nitrogens with one attached hydrogen (secondary N) is 1. The van der Waals surface area contributed by atoms with Crippen molar-refractivity contribution in [1.29, 1.82) is 0 Å². The molecule has 1 unspecified atom stereocenters. The molecule has 8 rings (SSSR count). The van der Waals surface area contributed by atoms with E-state index in [-0.39, 0.29) is 44.5 Å². The molecule has 3 aliphatic heterocycles. The molecule has 0 saturated carbocycles. The topological polar surface area (TPSA) is 140 Å². The van der Waals surface area contributed by atoms with Crippen LogP contribution in [0.1, 0.15) is 16.9 Å². The quantitative estimate of drug-likeness (QED) is 0.259. The summed E-state index contributed by atoms with van der Waals surface area (Å²) in [5, 5.41) is 11.4. The average molecular weight is 688 g/mol. The molecule has 0 spiro atoms. The molecule has 14 nitrogen and oxygen atoms in total. The van der Waals surface area contributed by atoms with Crippen molar-refractivity contribution >= 4 is 34.4 Å². The highest BCUT2D eigenvalue weighted by molar-refractivity contribution is 5.89. The van der Waals surface area contributed by atoms with Gasteiger partial charge in [-0.05, 0) is 35.4 Å². The number of hydrogen-bond donors (Lipinski definition) is 1. The molecule has 1 atom stereocenters. The highest BCUT2D eigenvalue weighted by Crippen LogP contribution is 2.28. The lowest BCUT2D eigenvalue weighted by molar-refractivity contribution is -0.184. The number of anilines is 1. The number of rotatable bonds is 8. The van der Waals surface area contributed by atoms with Crippen LogP contribution in [0.4, 0.5) is 10.5 Å². The number of ether oxygens (including phenoxy) is 1. The summed E-state index contributed by atoms with van der Waals surface area (Å²) in [5.74, 6) is 0.0124. The Kier molecular flexibility index (Phi) is 8.99. The molecular weight excluding hydrogens is 650 g/mol. The van der Waals surface area contributed by atoms with Crippen LogP contribution in [0.5, 0.6) is 0 Å². The van der Waals surface area contributed by atoms with Crippen LogP contribution in [0.2, 0.25) is 0 Å². The van der Waals surface area contributed by atoms with Crippen molar-refractivity contribution < 1.29 is 23.6 Å². The number of benzene rings is 2. The molecule has 3 saturated heterocycles. The van der Waals surface area contributed by atoms with E-state index < -0.39 is 12.2 Å². The summed E-state index contributed by atoms with van der Waals surface area (Å²) in [5.41, 5.74) is 4.89. The van der Waals surface area contributed by atoms with Crippen LogP contribution in [0, 0.1) is 0 Å². The van der Waals surface area contributed by atoms with Gasteiger partial charge >= 0.3 is 6.03 Å². The molecule has 0 bridgehead atoms. The minimum Gasteiger partial charge on any atom is -0.378 e. The fourth-order valence-electron chi connectivity index (χ4n) is 6.87. The van der Waals surface area contributed by atoms with E-state index >= 15 is 0 Å². The minimum atomic E-state index is -0.746. The van der Waals surface area contributed by atoms with Crippen molar-refractivity contribution in [2.75, 3.05) is 50.8 Å². The standard InChI is InChI=1S/C37H37N9O5/c47-35-25-45-34(23-43(35)21-27-8-4-10-31-30(27)9-5-13-38-31)46(37(49)40-19-26-6-2-1-3-7-26)44(24-36(45)48)22-29-18-33(41-51-29)32-12-11-28(20-39-32)42-14-16-50-17-15-42/h1-13,18,20,34H,14-17,19,21-25H2,(H,40,49). The van der Waals surface area contributed by atoms with E-state index in [1.165, 1.54) is 4.90 Å². The molecular formula is C37H37N9O5. The molecule has 5 aromatic rings. The molecule has 0 aliphatic carbocycles. The van der Waals surface area contributed by atoms with Crippen LogP contribution in [-0.4, -0.2) is 105 Å². The van der Waals surface area contributed by atoms with Gasteiger partial charge in [0, 0.05) is 43.8 Å². The largest absolute Gasteiger partial charge is 0.378 e. The number of nitrogens with zero attached hydrogens (tertiary/aromatic N) is 8. The van der Waals surface area contributed by atoms with Gasteiger partial charge in [-0.15, -0.1) is 0 Å². The monoisotopic (exact) mass is 687 g/mol. The second-order valence-electron chi connectivity index (χ2n) is 12.8. The van der Waals surface area contributed by atoms with E-state index in [1.807, 2.05) is 79.0 Å². The molecule has 0 radical (unpaired) electrons. The number of hydrogen-bond acceptors (Lipinski definition) is 10. The van der Waals surface area contributed by atoms with E-state index in [9.17, 15) is 14.4 Å². The highest BCUT2D eigenvalue weighted by atomic mass is 16.5. The molecule has 3 aliphatic rings. The predicted molar refractivity (Wildman–Crippen MR) is 186 cm³/mol. The first-order chi connectivity index (χ1) is 25.0. The summed E-state index contributed by atoms with van der Waals surface area (Å²) in [6, 6.07) is 24.6. The van der Waals surface area contributed by atoms with Crippen LogP contribution in [0.15, 0.2) is 95.8 Å². The predicted octanol–water partition coefficient (Wildman–Crippen LogP) is 3.26. The summed E-state index contributed by atoms with van der Waals surface area (Å²) >= 11 is 0. The van der Waals surface area contributed by atoms with Gasteiger partial charge < -0.3 is 29.3 Å². The smallest absolute Gasteiger partial charge is 0.334 e. The van der Waals surface area contributed by atoms with Gasteiger partial charge in [-0.25, -0.2) is 9.80 Å². The van der Waals surface area contributed by atoms with Crippen molar-refractivity contribution in [1.82, 2.24) is 40.3 Å². The van der Waals surface area contributed by atoms with Gasteiger partial charge in [0.15, 0.2) is 5.76 Å². The summed E-state index contributed by atoms with van der Waals surface area (Å²) in [4.78, 5) is 55.7. The molecule has 2 aromatic carbocycles. The maximum Gasteiger partial charge on any atom is 0.334 e. The minimum absolute atomic E-state index is 0.0939. The van der Waals surface area contributed by atoms with Crippen molar-refractivity contribution in [3.63, 3.8) is 0 Å². The summed E-state index contributed by atoms with van der Waals surface area (Å²) in [6.07, 6.45) is 2.81. The van der Waals surface area contributed by atoms with E-state index in [0.29, 0.717) is 36.9 Å². The molecule has 4 amide bonds. The zero-order chi connectivity index (χ0) is 34.7. The maximum absolute atomic E-state index is 14.1. The number of morpholine rings is 1. The Hall–Kier alpha value is -5.86.